The molecule has 0 saturated carbocycles. The molecule has 0 atom stereocenters. The molecule has 1 amide bonds. The van der Waals surface area contributed by atoms with Crippen LogP contribution in [0.5, 0.6) is 11.5 Å². The first-order valence-electron chi connectivity index (χ1n) is 9.35. The number of carbonyl (C=O) groups excluding carboxylic acids is 1. The molecule has 2 aromatic carbocycles. The minimum Gasteiger partial charge on any atom is -0.493 e. The predicted molar refractivity (Wildman–Crippen MR) is 119 cm³/mol. The number of ether oxygens (including phenoxy) is 2. The summed E-state index contributed by atoms with van der Waals surface area (Å²) in [4.78, 5) is 12.5. The molecule has 9 heteroatoms. The molecule has 30 heavy (non-hydrogen) atoms. The van der Waals surface area contributed by atoms with Gasteiger partial charge in [0.1, 0.15) is 0 Å². The van der Waals surface area contributed by atoms with Crippen LogP contribution >= 0.6 is 23.4 Å². The highest BCUT2D eigenvalue weighted by Gasteiger charge is 2.15. The Hall–Kier alpha value is -2.71. The van der Waals surface area contributed by atoms with Gasteiger partial charge in [0.15, 0.2) is 16.7 Å². The highest BCUT2D eigenvalue weighted by atomic mass is 35.5. The number of nitrogens with zero attached hydrogens (tertiary/aromatic N) is 3. The average molecular weight is 447 g/mol. The Morgan fingerprint density at radius 2 is 1.90 bits per heavy atom. The van der Waals surface area contributed by atoms with Crippen LogP contribution in [0.1, 0.15) is 18.1 Å². The maximum Gasteiger partial charge on any atom is 0.231 e. The first-order valence-corrected chi connectivity index (χ1v) is 10.7. The molecule has 0 fully saturated rings. The van der Waals surface area contributed by atoms with E-state index in [-0.39, 0.29) is 12.3 Å². The lowest BCUT2D eigenvalue weighted by molar-refractivity contribution is -0.115. The van der Waals surface area contributed by atoms with Gasteiger partial charge in [-0.1, -0.05) is 47.6 Å². The minimum atomic E-state index is -0.188. The third kappa shape index (κ3) is 5.25. The van der Waals surface area contributed by atoms with Gasteiger partial charge in [-0.05, 0) is 36.2 Å². The van der Waals surface area contributed by atoms with Gasteiger partial charge in [-0.25, -0.2) is 0 Å². The normalized spacial score (nSPS) is 10.7. The lowest BCUT2D eigenvalue weighted by atomic mass is 10.1. The molecule has 0 bridgehead atoms. The maximum atomic E-state index is 12.5. The Morgan fingerprint density at radius 1 is 1.13 bits per heavy atom. The molecule has 1 aromatic heterocycles. The minimum absolute atomic E-state index is 0.180. The number of aromatic nitrogens is 3. The van der Waals surface area contributed by atoms with Crippen LogP contribution in [0.4, 0.5) is 5.95 Å². The molecular weight excluding hydrogens is 424 g/mol. The van der Waals surface area contributed by atoms with Gasteiger partial charge in [0.25, 0.3) is 0 Å². The summed E-state index contributed by atoms with van der Waals surface area (Å²) in [6.45, 7) is 2.61. The molecule has 0 aliphatic heterocycles. The van der Waals surface area contributed by atoms with Crippen molar-refractivity contribution in [2.24, 2.45) is 0 Å². The van der Waals surface area contributed by atoms with Gasteiger partial charge in [0.2, 0.25) is 11.9 Å². The van der Waals surface area contributed by atoms with E-state index in [9.17, 15) is 4.79 Å². The number of benzene rings is 2. The molecule has 0 aliphatic carbocycles. The number of nitrogens with one attached hydrogen (secondary N) is 1. The van der Waals surface area contributed by atoms with Crippen LogP contribution in [0.25, 0.3) is 0 Å². The molecule has 1 heterocycles. The lowest BCUT2D eigenvalue weighted by Gasteiger charge is -2.10. The lowest BCUT2D eigenvalue weighted by Crippen LogP contribution is -2.18. The fourth-order valence-electron chi connectivity index (χ4n) is 2.88. The zero-order valence-electron chi connectivity index (χ0n) is 17.0. The number of hydrogen-bond acceptors (Lipinski definition) is 6. The van der Waals surface area contributed by atoms with Crippen molar-refractivity contribution in [1.82, 2.24) is 14.8 Å². The van der Waals surface area contributed by atoms with E-state index in [4.69, 9.17) is 21.1 Å². The molecule has 0 spiro atoms. The third-order valence-corrected chi connectivity index (χ3v) is 5.80. The molecular formula is C21H23ClN4O3S. The second-order valence-corrected chi connectivity index (χ2v) is 7.69. The fraction of sp³-hybridized carbons (Fsp3) is 0.286. The molecule has 0 radical (unpaired) electrons. The van der Waals surface area contributed by atoms with Crippen molar-refractivity contribution in [3.63, 3.8) is 0 Å². The zero-order valence-corrected chi connectivity index (χ0v) is 18.6. The summed E-state index contributed by atoms with van der Waals surface area (Å²) in [7, 11) is 3.14. The van der Waals surface area contributed by atoms with Crippen molar-refractivity contribution in [3.8, 4) is 11.5 Å². The Labute approximate surface area is 184 Å². The predicted octanol–water partition coefficient (Wildman–Crippen LogP) is 4.44. The molecule has 3 aromatic rings. The SMILES string of the molecule is CCn1c(NC(=O)Cc2ccc(OC)c(OC)c2)nnc1SCc1ccccc1Cl. The smallest absolute Gasteiger partial charge is 0.231 e. The molecule has 0 aliphatic rings. The van der Waals surface area contributed by atoms with Gasteiger partial charge >= 0.3 is 0 Å². The number of methoxy groups -OCH3 is 2. The van der Waals surface area contributed by atoms with Crippen molar-refractivity contribution < 1.29 is 14.3 Å². The Balaban J connectivity index is 1.66. The average Bonchev–Trinajstić information content (AvgIpc) is 3.14. The molecule has 158 valence electrons. The van der Waals surface area contributed by atoms with E-state index in [0.717, 1.165) is 21.3 Å². The molecule has 0 saturated heterocycles. The van der Waals surface area contributed by atoms with Gasteiger partial charge < -0.3 is 9.47 Å². The summed E-state index contributed by atoms with van der Waals surface area (Å²) in [5.41, 5.74) is 1.83. The largest absolute Gasteiger partial charge is 0.493 e. The zero-order chi connectivity index (χ0) is 21.5. The summed E-state index contributed by atoms with van der Waals surface area (Å²) in [5, 5.41) is 12.7. The van der Waals surface area contributed by atoms with Crippen LogP contribution in [-0.4, -0.2) is 34.9 Å². The molecule has 7 nitrogen and oxygen atoms in total. The highest BCUT2D eigenvalue weighted by Crippen LogP contribution is 2.29. The molecule has 3 rings (SSSR count). The number of hydrogen-bond donors (Lipinski definition) is 1. The van der Waals surface area contributed by atoms with Gasteiger partial charge in [-0.3, -0.25) is 14.7 Å². The van der Waals surface area contributed by atoms with E-state index in [1.54, 1.807) is 26.4 Å². The van der Waals surface area contributed by atoms with Crippen LogP contribution in [0, 0.1) is 0 Å². The highest BCUT2D eigenvalue weighted by molar-refractivity contribution is 7.98. The van der Waals surface area contributed by atoms with E-state index < -0.39 is 0 Å². The molecule has 0 unspecified atom stereocenters. The first kappa shape index (κ1) is 22.0. The van der Waals surface area contributed by atoms with Gasteiger partial charge in [-0.2, -0.15) is 0 Å². The van der Waals surface area contributed by atoms with Crippen LogP contribution in [0.2, 0.25) is 5.02 Å². The quantitative estimate of drug-likeness (QED) is 0.489. The summed E-state index contributed by atoms with van der Waals surface area (Å²) >= 11 is 7.75. The first-order chi connectivity index (χ1) is 14.5. The van der Waals surface area contributed by atoms with Gasteiger partial charge in [0.05, 0.1) is 20.6 Å². The van der Waals surface area contributed by atoms with Gasteiger partial charge in [0, 0.05) is 17.3 Å². The van der Waals surface area contributed by atoms with Crippen molar-refractivity contribution in [2.45, 2.75) is 30.8 Å². The monoisotopic (exact) mass is 446 g/mol. The summed E-state index contributed by atoms with van der Waals surface area (Å²) in [5.74, 6) is 2.10. The Morgan fingerprint density at radius 3 is 2.60 bits per heavy atom. The number of thioether (sulfide) groups is 1. The Kier molecular flexibility index (Phi) is 7.59. The summed E-state index contributed by atoms with van der Waals surface area (Å²) < 4.78 is 12.4. The van der Waals surface area contributed by atoms with E-state index in [1.165, 1.54) is 11.8 Å². The van der Waals surface area contributed by atoms with Crippen LogP contribution in [-0.2, 0) is 23.5 Å². The summed E-state index contributed by atoms with van der Waals surface area (Å²) in [6.07, 6.45) is 0.180. The second-order valence-electron chi connectivity index (χ2n) is 6.34. The van der Waals surface area contributed by atoms with Crippen molar-refractivity contribution >= 4 is 35.2 Å². The van der Waals surface area contributed by atoms with Crippen molar-refractivity contribution in [3.05, 3.63) is 58.6 Å². The number of amides is 1. The topological polar surface area (TPSA) is 78.3 Å². The number of halogens is 1. The van der Waals surface area contributed by atoms with E-state index in [0.29, 0.717) is 29.7 Å². The Bertz CT molecular complexity index is 1030. The maximum absolute atomic E-state index is 12.5. The van der Waals surface area contributed by atoms with E-state index >= 15 is 0 Å². The van der Waals surface area contributed by atoms with E-state index in [1.807, 2.05) is 41.8 Å². The van der Waals surface area contributed by atoms with Crippen LogP contribution in [0.15, 0.2) is 47.6 Å². The number of rotatable bonds is 9. The number of anilines is 1. The van der Waals surface area contributed by atoms with E-state index in [2.05, 4.69) is 15.5 Å². The standard InChI is InChI=1S/C21H23ClN4O3S/c1-4-26-20(24-25-21(26)30-13-15-7-5-6-8-16(15)22)23-19(27)12-14-9-10-17(28-2)18(11-14)29-3/h5-11H,4,12-13H2,1-3H3,(H,23,24,27). The number of carbonyl (C=O) groups is 1. The van der Waals surface area contributed by atoms with Crippen LogP contribution in [0.3, 0.4) is 0 Å². The fourth-order valence-corrected chi connectivity index (χ4v) is 4.16. The third-order valence-electron chi connectivity index (χ3n) is 4.41. The van der Waals surface area contributed by atoms with Crippen molar-refractivity contribution in [2.75, 3.05) is 19.5 Å². The van der Waals surface area contributed by atoms with Gasteiger partial charge in [-0.15, -0.1) is 10.2 Å². The van der Waals surface area contributed by atoms with Crippen LogP contribution < -0.4 is 14.8 Å². The second kappa shape index (κ2) is 10.4. The molecule has 1 N–H and O–H groups in total. The van der Waals surface area contributed by atoms with Crippen molar-refractivity contribution in [1.29, 1.82) is 0 Å². The summed E-state index contributed by atoms with van der Waals surface area (Å²) in [6, 6.07) is 13.1.